The molecule has 4 aromatic rings. The van der Waals surface area contributed by atoms with Crippen molar-refractivity contribution in [1.82, 2.24) is 15.0 Å². The summed E-state index contributed by atoms with van der Waals surface area (Å²) in [5.74, 6) is 0.836. The summed E-state index contributed by atoms with van der Waals surface area (Å²) in [6, 6.07) is 14.3. The number of fused-ring (bicyclic) bond motifs is 1. The Labute approximate surface area is 142 Å². The quantitative estimate of drug-likeness (QED) is 0.530. The van der Waals surface area contributed by atoms with Crippen LogP contribution in [0, 0.1) is 0 Å². The molecule has 0 unspecified atom stereocenters. The molecule has 6 heteroatoms. The smallest absolute Gasteiger partial charge is 0.177 e. The number of hydrogen-bond donors (Lipinski definition) is 0. The first-order valence-corrected chi connectivity index (χ1v) is 9.00. The molecule has 0 bridgehead atoms. The minimum Gasteiger partial charge on any atom is -0.355 e. The second-order valence-corrected chi connectivity index (χ2v) is 7.47. The number of nitrogens with zero attached hydrogens (tertiary/aromatic N) is 3. The maximum Gasteiger partial charge on any atom is 0.177 e. The van der Waals surface area contributed by atoms with Gasteiger partial charge in [-0.15, -0.1) is 22.7 Å². The fourth-order valence-corrected chi connectivity index (χ4v) is 4.19. The Kier molecular flexibility index (Phi) is 3.95. The molecular formula is C17H15N3OS2. The van der Waals surface area contributed by atoms with Crippen LogP contribution >= 0.6 is 22.7 Å². The predicted molar refractivity (Wildman–Crippen MR) is 94.6 cm³/mol. The van der Waals surface area contributed by atoms with Crippen LogP contribution in [0.1, 0.15) is 10.7 Å². The zero-order valence-corrected chi connectivity index (χ0v) is 14.2. The lowest BCUT2D eigenvalue weighted by Crippen LogP contribution is -2.17. The maximum atomic E-state index is 5.43. The highest BCUT2D eigenvalue weighted by atomic mass is 32.1. The van der Waals surface area contributed by atoms with Crippen molar-refractivity contribution < 1.29 is 4.52 Å². The molecule has 23 heavy (non-hydrogen) atoms. The minimum atomic E-state index is 0.741. The van der Waals surface area contributed by atoms with E-state index in [0.29, 0.717) is 0 Å². The molecule has 0 atom stereocenters. The first-order valence-electron chi connectivity index (χ1n) is 7.30. The molecule has 0 aliphatic heterocycles. The zero-order chi connectivity index (χ0) is 15.6. The van der Waals surface area contributed by atoms with Crippen molar-refractivity contribution in [3.63, 3.8) is 0 Å². The van der Waals surface area contributed by atoms with Gasteiger partial charge in [0, 0.05) is 12.6 Å². The van der Waals surface area contributed by atoms with Gasteiger partial charge >= 0.3 is 0 Å². The molecule has 1 aromatic carbocycles. The van der Waals surface area contributed by atoms with E-state index in [0.717, 1.165) is 39.9 Å². The van der Waals surface area contributed by atoms with Crippen molar-refractivity contribution in [3.8, 4) is 10.6 Å². The first kappa shape index (κ1) is 14.6. The molecule has 0 N–H and O–H groups in total. The summed E-state index contributed by atoms with van der Waals surface area (Å²) < 4.78 is 6.66. The van der Waals surface area contributed by atoms with Gasteiger partial charge in [-0.3, -0.25) is 4.90 Å². The lowest BCUT2D eigenvalue weighted by Gasteiger charge is -2.12. The standard InChI is InChI=1S/C17H15N3OS2/c1-20(11-17-18-13-5-2-3-6-15(13)23-17)10-12-9-14(21-19-12)16-7-4-8-22-16/h2-9H,10-11H2,1H3. The summed E-state index contributed by atoms with van der Waals surface area (Å²) >= 11 is 3.40. The van der Waals surface area contributed by atoms with E-state index < -0.39 is 0 Å². The second kappa shape index (κ2) is 6.23. The topological polar surface area (TPSA) is 42.2 Å². The van der Waals surface area contributed by atoms with Crippen LogP contribution in [0.5, 0.6) is 0 Å². The molecule has 0 radical (unpaired) electrons. The first-order chi connectivity index (χ1) is 11.3. The van der Waals surface area contributed by atoms with Gasteiger partial charge in [-0.05, 0) is 30.6 Å². The van der Waals surface area contributed by atoms with Gasteiger partial charge in [0.05, 0.1) is 27.3 Å². The molecule has 0 spiro atoms. The average Bonchev–Trinajstić information content (AvgIpc) is 3.26. The molecule has 0 aliphatic carbocycles. The lowest BCUT2D eigenvalue weighted by atomic mass is 10.3. The highest BCUT2D eigenvalue weighted by molar-refractivity contribution is 7.18. The van der Waals surface area contributed by atoms with Crippen LogP contribution in [0.25, 0.3) is 20.9 Å². The van der Waals surface area contributed by atoms with Gasteiger partial charge < -0.3 is 4.52 Å². The molecule has 3 aromatic heterocycles. The summed E-state index contributed by atoms with van der Waals surface area (Å²) in [6.07, 6.45) is 0. The number of thiazole rings is 1. The molecule has 0 saturated carbocycles. The van der Waals surface area contributed by atoms with Crippen LogP contribution in [0.2, 0.25) is 0 Å². The van der Waals surface area contributed by atoms with Crippen LogP contribution in [-0.2, 0) is 13.1 Å². The number of hydrogen-bond acceptors (Lipinski definition) is 6. The lowest BCUT2D eigenvalue weighted by molar-refractivity contribution is 0.304. The van der Waals surface area contributed by atoms with Gasteiger partial charge in [0.15, 0.2) is 5.76 Å². The van der Waals surface area contributed by atoms with E-state index in [1.54, 1.807) is 22.7 Å². The molecule has 4 rings (SSSR count). The second-order valence-electron chi connectivity index (χ2n) is 5.41. The van der Waals surface area contributed by atoms with E-state index in [9.17, 15) is 0 Å². The molecular weight excluding hydrogens is 326 g/mol. The summed E-state index contributed by atoms with van der Waals surface area (Å²) in [5, 5.41) is 7.33. The molecule has 0 fully saturated rings. The van der Waals surface area contributed by atoms with Crippen LogP contribution in [0.15, 0.2) is 52.4 Å². The van der Waals surface area contributed by atoms with Crippen molar-refractivity contribution >= 4 is 32.9 Å². The van der Waals surface area contributed by atoms with Crippen LogP contribution in [-0.4, -0.2) is 22.1 Å². The number of aromatic nitrogens is 2. The number of para-hydroxylation sites is 1. The van der Waals surface area contributed by atoms with Crippen LogP contribution < -0.4 is 0 Å². The van der Waals surface area contributed by atoms with Crippen LogP contribution in [0.3, 0.4) is 0 Å². The maximum absolute atomic E-state index is 5.43. The Hall–Kier alpha value is -2.02. The summed E-state index contributed by atoms with van der Waals surface area (Å²) in [7, 11) is 2.07. The van der Waals surface area contributed by atoms with Crippen molar-refractivity contribution in [2.75, 3.05) is 7.05 Å². The van der Waals surface area contributed by atoms with Gasteiger partial charge in [0.25, 0.3) is 0 Å². The average molecular weight is 341 g/mol. The SMILES string of the molecule is CN(Cc1cc(-c2cccs2)on1)Cc1nc2ccccc2s1. The third-order valence-electron chi connectivity index (χ3n) is 3.50. The van der Waals surface area contributed by atoms with Crippen molar-refractivity contribution in [1.29, 1.82) is 0 Å². The van der Waals surface area contributed by atoms with E-state index in [1.807, 2.05) is 29.6 Å². The Balaban J connectivity index is 1.44. The van der Waals surface area contributed by atoms with E-state index in [4.69, 9.17) is 4.52 Å². The number of thiophene rings is 1. The number of benzene rings is 1. The summed E-state index contributed by atoms with van der Waals surface area (Å²) in [4.78, 5) is 7.99. The number of rotatable bonds is 5. The fraction of sp³-hybridized carbons (Fsp3) is 0.176. The third-order valence-corrected chi connectivity index (χ3v) is 5.40. The Morgan fingerprint density at radius 2 is 2.04 bits per heavy atom. The largest absolute Gasteiger partial charge is 0.355 e. The summed E-state index contributed by atoms with van der Waals surface area (Å²) in [5.41, 5.74) is 2.01. The van der Waals surface area contributed by atoms with Gasteiger partial charge in [0.2, 0.25) is 0 Å². The Morgan fingerprint density at radius 3 is 2.87 bits per heavy atom. The Morgan fingerprint density at radius 1 is 1.13 bits per heavy atom. The third kappa shape index (κ3) is 3.19. The molecule has 0 aliphatic rings. The molecule has 4 nitrogen and oxygen atoms in total. The Bertz CT molecular complexity index is 878. The monoisotopic (exact) mass is 341 g/mol. The normalized spacial score (nSPS) is 11.6. The molecule has 3 heterocycles. The molecule has 116 valence electrons. The minimum absolute atomic E-state index is 0.741. The molecule has 0 saturated heterocycles. The fourth-order valence-electron chi connectivity index (χ4n) is 2.47. The van der Waals surface area contributed by atoms with E-state index in [1.165, 1.54) is 4.70 Å². The zero-order valence-electron chi connectivity index (χ0n) is 12.6. The van der Waals surface area contributed by atoms with Gasteiger partial charge in [-0.25, -0.2) is 4.98 Å². The van der Waals surface area contributed by atoms with E-state index in [2.05, 4.69) is 40.3 Å². The summed E-state index contributed by atoms with van der Waals surface area (Å²) in [6.45, 7) is 1.55. The van der Waals surface area contributed by atoms with Gasteiger partial charge in [-0.2, -0.15) is 0 Å². The van der Waals surface area contributed by atoms with Crippen molar-refractivity contribution in [3.05, 3.63) is 58.5 Å². The van der Waals surface area contributed by atoms with Gasteiger partial charge in [-0.1, -0.05) is 23.4 Å². The highest BCUT2D eigenvalue weighted by Crippen LogP contribution is 2.26. The van der Waals surface area contributed by atoms with Gasteiger partial charge in [0.1, 0.15) is 5.01 Å². The van der Waals surface area contributed by atoms with E-state index in [-0.39, 0.29) is 0 Å². The predicted octanol–water partition coefficient (Wildman–Crippen LogP) is 4.64. The molecule has 0 amide bonds. The van der Waals surface area contributed by atoms with Crippen molar-refractivity contribution in [2.45, 2.75) is 13.1 Å². The van der Waals surface area contributed by atoms with Crippen LogP contribution in [0.4, 0.5) is 0 Å². The van der Waals surface area contributed by atoms with Crippen molar-refractivity contribution in [2.24, 2.45) is 0 Å². The van der Waals surface area contributed by atoms with E-state index >= 15 is 0 Å². The highest BCUT2D eigenvalue weighted by Gasteiger charge is 2.11.